The predicted octanol–water partition coefficient (Wildman–Crippen LogP) is 5.08. The second-order valence-electron chi connectivity index (χ2n) is 6.28. The number of aromatic hydroxyl groups is 1. The van der Waals surface area contributed by atoms with Crippen molar-refractivity contribution in [2.75, 3.05) is 5.32 Å². The fourth-order valence-corrected chi connectivity index (χ4v) is 2.83. The zero-order chi connectivity index (χ0) is 21.3. The third kappa shape index (κ3) is 3.84. The van der Waals surface area contributed by atoms with E-state index in [1.165, 1.54) is 12.3 Å². The van der Waals surface area contributed by atoms with Crippen molar-refractivity contribution in [3.63, 3.8) is 0 Å². The Morgan fingerprint density at radius 2 is 1.83 bits per heavy atom. The summed E-state index contributed by atoms with van der Waals surface area (Å²) < 4.78 is 56.9. The number of benzene rings is 2. The number of phenolic OH excluding ortho intramolecular Hbond substituents is 1. The molecule has 0 saturated carbocycles. The first-order chi connectivity index (χ1) is 14.3. The molecular formula is C20H14F4N4O2. The van der Waals surface area contributed by atoms with Crippen molar-refractivity contribution in [3.05, 3.63) is 67.1 Å². The van der Waals surface area contributed by atoms with Crippen molar-refractivity contribution in [1.29, 1.82) is 0 Å². The van der Waals surface area contributed by atoms with Gasteiger partial charge in [0.25, 0.3) is 0 Å². The number of fused-ring (bicyclic) bond motifs is 1. The van der Waals surface area contributed by atoms with E-state index in [0.29, 0.717) is 17.2 Å². The van der Waals surface area contributed by atoms with Gasteiger partial charge in [-0.1, -0.05) is 6.07 Å². The quantitative estimate of drug-likeness (QED) is 0.427. The Morgan fingerprint density at radius 1 is 1.07 bits per heavy atom. The highest BCUT2D eigenvalue weighted by Gasteiger charge is 2.44. The number of nitrogens with one attached hydrogen (secondary N) is 1. The summed E-state index contributed by atoms with van der Waals surface area (Å²) >= 11 is 0. The Morgan fingerprint density at radius 3 is 2.57 bits per heavy atom. The average Bonchev–Trinajstić information content (AvgIpc) is 3.14. The summed E-state index contributed by atoms with van der Waals surface area (Å²) in [7, 11) is 0. The molecule has 0 unspecified atom stereocenters. The van der Waals surface area contributed by atoms with Crippen LogP contribution in [0.15, 0.2) is 67.1 Å². The first kappa shape index (κ1) is 19.5. The summed E-state index contributed by atoms with van der Waals surface area (Å²) in [4.78, 5) is 8.56. The molecule has 0 amide bonds. The molecule has 2 aromatic heterocycles. The van der Waals surface area contributed by atoms with E-state index in [4.69, 9.17) is 0 Å². The number of anilines is 2. The van der Waals surface area contributed by atoms with Crippen molar-refractivity contribution in [2.45, 2.75) is 12.5 Å². The predicted molar refractivity (Wildman–Crippen MR) is 101 cm³/mol. The maximum atomic E-state index is 13.2. The minimum atomic E-state index is -4.60. The molecule has 10 heteroatoms. The number of ether oxygens (including phenoxy) is 1. The highest BCUT2D eigenvalue weighted by molar-refractivity contribution is 5.74. The largest absolute Gasteiger partial charge is 0.508 e. The van der Waals surface area contributed by atoms with Crippen LogP contribution in [0, 0.1) is 0 Å². The van der Waals surface area contributed by atoms with E-state index < -0.39 is 18.3 Å². The van der Waals surface area contributed by atoms with Crippen LogP contribution in [0.3, 0.4) is 0 Å². The molecular weight excluding hydrogens is 404 g/mol. The van der Waals surface area contributed by atoms with Crippen LogP contribution in [0.25, 0.3) is 16.9 Å². The highest BCUT2D eigenvalue weighted by atomic mass is 19.3. The maximum Gasteiger partial charge on any atom is 0.461 e. The van der Waals surface area contributed by atoms with Crippen LogP contribution < -0.4 is 10.1 Å². The Labute approximate surface area is 167 Å². The summed E-state index contributed by atoms with van der Waals surface area (Å²) in [6.45, 7) is 0. The van der Waals surface area contributed by atoms with E-state index in [1.54, 1.807) is 47.1 Å². The van der Waals surface area contributed by atoms with E-state index in [-0.39, 0.29) is 5.75 Å². The average molecular weight is 418 g/mol. The molecule has 0 aliphatic carbocycles. The third-order valence-electron chi connectivity index (χ3n) is 4.20. The number of phenols is 1. The molecule has 0 bridgehead atoms. The Hall–Kier alpha value is -3.82. The van der Waals surface area contributed by atoms with Crippen LogP contribution >= 0.6 is 0 Å². The lowest BCUT2D eigenvalue weighted by atomic mass is 10.1. The molecule has 4 aromatic rings. The van der Waals surface area contributed by atoms with Crippen LogP contribution in [-0.4, -0.2) is 32.0 Å². The molecule has 30 heavy (non-hydrogen) atoms. The molecule has 6 nitrogen and oxygen atoms in total. The van der Waals surface area contributed by atoms with Gasteiger partial charge in [0.1, 0.15) is 11.5 Å². The van der Waals surface area contributed by atoms with E-state index >= 15 is 0 Å². The molecule has 4 rings (SSSR count). The first-order valence-corrected chi connectivity index (χ1v) is 8.67. The van der Waals surface area contributed by atoms with Crippen molar-refractivity contribution >= 4 is 17.2 Å². The van der Waals surface area contributed by atoms with Gasteiger partial charge in [-0.05, 0) is 36.4 Å². The molecule has 2 heterocycles. The Bertz CT molecular complexity index is 1180. The van der Waals surface area contributed by atoms with Crippen molar-refractivity contribution in [1.82, 2.24) is 14.4 Å². The topological polar surface area (TPSA) is 71.7 Å². The third-order valence-corrected chi connectivity index (χ3v) is 4.20. The van der Waals surface area contributed by atoms with Gasteiger partial charge in [0.05, 0.1) is 11.9 Å². The zero-order valence-corrected chi connectivity index (χ0v) is 15.1. The van der Waals surface area contributed by atoms with Gasteiger partial charge in [-0.3, -0.25) is 4.40 Å². The smallest absolute Gasteiger partial charge is 0.461 e. The van der Waals surface area contributed by atoms with Crippen LogP contribution in [-0.2, 0) is 0 Å². The van der Waals surface area contributed by atoms with Gasteiger partial charge in [0.15, 0.2) is 11.5 Å². The Kier molecular flexibility index (Phi) is 4.90. The van der Waals surface area contributed by atoms with Gasteiger partial charge in [-0.2, -0.15) is 17.6 Å². The molecule has 0 spiro atoms. The lowest BCUT2D eigenvalue weighted by molar-refractivity contribution is -0.253. The summed E-state index contributed by atoms with van der Waals surface area (Å²) in [6, 6.07) is 11.8. The first-order valence-electron chi connectivity index (χ1n) is 8.67. The van der Waals surface area contributed by atoms with E-state index in [0.717, 1.165) is 23.4 Å². The van der Waals surface area contributed by atoms with Crippen molar-refractivity contribution in [2.24, 2.45) is 0 Å². The standard InChI is InChI=1S/C20H14F4N4O2/c21-19(22)20(23,24)30-15-3-1-2-13(10-15)27-17-18-26-11-16(28(18)9-8-25-17)12-4-6-14(29)7-5-12/h1-11,19,29H,(H,25,27). The number of hydrogen-bond acceptors (Lipinski definition) is 5. The number of alkyl halides is 4. The monoisotopic (exact) mass is 418 g/mol. The minimum absolute atomic E-state index is 0.135. The summed E-state index contributed by atoms with van der Waals surface area (Å²) in [5.41, 5.74) is 2.29. The van der Waals surface area contributed by atoms with Gasteiger partial charge in [-0.25, -0.2) is 9.97 Å². The second kappa shape index (κ2) is 7.54. The van der Waals surface area contributed by atoms with E-state index in [2.05, 4.69) is 20.0 Å². The molecule has 154 valence electrons. The number of aromatic nitrogens is 3. The summed E-state index contributed by atoms with van der Waals surface area (Å²) in [5, 5.41) is 12.4. The van der Waals surface area contributed by atoms with Gasteiger partial charge < -0.3 is 15.2 Å². The number of hydrogen-bond donors (Lipinski definition) is 2. The molecule has 0 aliphatic heterocycles. The van der Waals surface area contributed by atoms with Crippen LogP contribution in [0.4, 0.5) is 29.1 Å². The summed E-state index contributed by atoms with van der Waals surface area (Å²) in [5.74, 6) is 0.0294. The number of nitrogens with zero attached hydrogens (tertiary/aromatic N) is 3. The molecule has 0 fully saturated rings. The summed E-state index contributed by atoms with van der Waals surface area (Å²) in [6.07, 6.45) is -3.71. The number of imidazole rings is 1. The highest BCUT2D eigenvalue weighted by Crippen LogP contribution is 2.31. The van der Waals surface area contributed by atoms with Crippen LogP contribution in [0.5, 0.6) is 11.5 Å². The number of halogens is 4. The molecule has 0 atom stereocenters. The van der Waals surface area contributed by atoms with Crippen LogP contribution in [0.1, 0.15) is 0 Å². The number of rotatable bonds is 6. The lowest BCUT2D eigenvalue weighted by Gasteiger charge is -2.17. The zero-order valence-electron chi connectivity index (χ0n) is 15.1. The van der Waals surface area contributed by atoms with Crippen molar-refractivity contribution < 1.29 is 27.4 Å². The van der Waals surface area contributed by atoms with E-state index in [1.807, 2.05) is 0 Å². The van der Waals surface area contributed by atoms with Gasteiger partial charge in [-0.15, -0.1) is 0 Å². The minimum Gasteiger partial charge on any atom is -0.508 e. The molecule has 0 radical (unpaired) electrons. The molecule has 2 aromatic carbocycles. The normalized spacial score (nSPS) is 11.8. The molecule has 2 N–H and O–H groups in total. The van der Waals surface area contributed by atoms with Crippen LogP contribution in [0.2, 0.25) is 0 Å². The molecule has 0 aliphatic rings. The SMILES string of the molecule is Oc1ccc(-c2cnc3c(Nc4cccc(OC(F)(F)C(F)F)c4)nccn23)cc1. The maximum absolute atomic E-state index is 13.2. The fourth-order valence-electron chi connectivity index (χ4n) is 2.83. The molecule has 0 saturated heterocycles. The van der Waals surface area contributed by atoms with Gasteiger partial charge >= 0.3 is 12.5 Å². The fraction of sp³-hybridized carbons (Fsp3) is 0.100. The van der Waals surface area contributed by atoms with Gasteiger partial charge in [0.2, 0.25) is 0 Å². The lowest BCUT2D eigenvalue weighted by Crippen LogP contribution is -2.33. The van der Waals surface area contributed by atoms with E-state index in [9.17, 15) is 22.7 Å². The van der Waals surface area contributed by atoms with Gasteiger partial charge in [0, 0.05) is 29.7 Å². The second-order valence-corrected chi connectivity index (χ2v) is 6.28. The Balaban J connectivity index is 1.64. The van der Waals surface area contributed by atoms with Crippen molar-refractivity contribution in [3.8, 4) is 22.8 Å².